The Morgan fingerprint density at radius 2 is 2.30 bits per heavy atom. The summed E-state index contributed by atoms with van der Waals surface area (Å²) in [6.07, 6.45) is 0.972. The molecule has 3 nitrogen and oxygen atoms in total. The van der Waals surface area contributed by atoms with E-state index in [1.807, 2.05) is 7.05 Å². The molecule has 0 aliphatic carbocycles. The van der Waals surface area contributed by atoms with E-state index in [4.69, 9.17) is 0 Å². The first-order chi connectivity index (χ1) is 4.68. The van der Waals surface area contributed by atoms with Crippen LogP contribution in [0.5, 0.6) is 0 Å². The molecule has 0 unspecified atom stereocenters. The zero-order valence-corrected chi connectivity index (χ0v) is 7.32. The summed E-state index contributed by atoms with van der Waals surface area (Å²) in [5, 5.41) is 2.83. The highest BCUT2D eigenvalue weighted by atomic mass is 32.1. The van der Waals surface area contributed by atoms with Gasteiger partial charge in [0.25, 0.3) is 5.24 Å². The lowest BCUT2D eigenvalue weighted by molar-refractivity contribution is 0.233. The first-order valence-electron chi connectivity index (χ1n) is 3.27. The summed E-state index contributed by atoms with van der Waals surface area (Å²) < 4.78 is 0. The third-order valence-electron chi connectivity index (χ3n) is 1.25. The van der Waals surface area contributed by atoms with Gasteiger partial charge in [0.2, 0.25) is 0 Å². The van der Waals surface area contributed by atoms with Crippen LogP contribution < -0.4 is 5.32 Å². The van der Waals surface area contributed by atoms with E-state index in [2.05, 4.69) is 17.9 Å². The number of hydrogen-bond donors (Lipinski definition) is 2. The Balaban J connectivity index is 3.21. The molecular formula is C6H14N2OS. The number of amides is 1. The summed E-state index contributed by atoms with van der Waals surface area (Å²) in [4.78, 5) is 12.1. The highest BCUT2D eigenvalue weighted by molar-refractivity contribution is 7.96. The average Bonchev–Trinajstić information content (AvgIpc) is 1.88. The lowest BCUT2D eigenvalue weighted by Crippen LogP contribution is -2.24. The zero-order chi connectivity index (χ0) is 7.98. The molecule has 0 spiro atoms. The van der Waals surface area contributed by atoms with Crippen LogP contribution in [0.1, 0.15) is 6.42 Å². The van der Waals surface area contributed by atoms with Crippen LogP contribution in [0.4, 0.5) is 4.79 Å². The summed E-state index contributed by atoms with van der Waals surface area (Å²) >= 11 is 3.66. The van der Waals surface area contributed by atoms with Crippen molar-refractivity contribution in [2.75, 3.05) is 27.2 Å². The minimum absolute atomic E-state index is 0.170. The number of thiol groups is 1. The molecule has 0 saturated carbocycles. The molecule has 0 aromatic carbocycles. The number of carbonyl (C=O) groups excluding carboxylic acids is 1. The molecule has 1 amide bonds. The molecular weight excluding hydrogens is 148 g/mol. The van der Waals surface area contributed by atoms with Gasteiger partial charge < -0.3 is 10.2 Å². The normalized spacial score (nSPS) is 9.50. The number of nitrogens with zero attached hydrogens (tertiary/aromatic N) is 1. The molecule has 0 aromatic heterocycles. The fourth-order valence-electron chi connectivity index (χ4n) is 0.589. The summed E-state index contributed by atoms with van der Waals surface area (Å²) in [7, 11) is 3.63. The Bertz CT molecular complexity index is 108. The Kier molecular flexibility index (Phi) is 5.43. The summed E-state index contributed by atoms with van der Waals surface area (Å²) in [6.45, 7) is 1.70. The molecule has 0 atom stereocenters. The lowest BCUT2D eigenvalue weighted by Gasteiger charge is -2.12. The molecule has 0 aliphatic heterocycles. The number of rotatable bonds is 4. The number of nitrogens with one attached hydrogen (secondary N) is 1. The standard InChI is InChI=1S/C6H14N2OS/c1-7-4-3-5-8(2)6(9)10/h7H,3-5H2,1-2H3,(H,9,10). The summed E-state index contributed by atoms with van der Waals surface area (Å²) in [5.74, 6) is 0. The van der Waals surface area contributed by atoms with Gasteiger partial charge in [0, 0.05) is 13.6 Å². The molecule has 0 bridgehead atoms. The molecule has 10 heavy (non-hydrogen) atoms. The number of hydrogen-bond acceptors (Lipinski definition) is 2. The molecule has 1 N–H and O–H groups in total. The fraction of sp³-hybridized carbons (Fsp3) is 0.833. The van der Waals surface area contributed by atoms with E-state index in [-0.39, 0.29) is 5.24 Å². The van der Waals surface area contributed by atoms with Gasteiger partial charge in [-0.2, -0.15) is 0 Å². The van der Waals surface area contributed by atoms with Gasteiger partial charge in [0.15, 0.2) is 0 Å². The van der Waals surface area contributed by atoms with Crippen molar-refractivity contribution < 1.29 is 4.79 Å². The molecule has 0 saturated heterocycles. The maximum absolute atomic E-state index is 10.5. The molecule has 0 heterocycles. The van der Waals surface area contributed by atoms with Crippen molar-refractivity contribution >= 4 is 17.9 Å². The lowest BCUT2D eigenvalue weighted by atomic mass is 10.4. The first kappa shape index (κ1) is 9.78. The van der Waals surface area contributed by atoms with Crippen LogP contribution >= 0.6 is 12.6 Å². The van der Waals surface area contributed by atoms with E-state index >= 15 is 0 Å². The molecule has 0 rings (SSSR count). The van der Waals surface area contributed by atoms with Crippen LogP contribution in [0.15, 0.2) is 0 Å². The first-order valence-corrected chi connectivity index (χ1v) is 3.72. The highest BCUT2D eigenvalue weighted by Gasteiger charge is 1.99. The summed E-state index contributed by atoms with van der Waals surface area (Å²) in [5.41, 5.74) is 0. The van der Waals surface area contributed by atoms with E-state index in [9.17, 15) is 4.79 Å². The molecule has 4 heteroatoms. The van der Waals surface area contributed by atoms with Gasteiger partial charge in [-0.3, -0.25) is 4.79 Å². The van der Waals surface area contributed by atoms with Gasteiger partial charge in [-0.1, -0.05) is 12.6 Å². The maximum Gasteiger partial charge on any atom is 0.278 e. The Morgan fingerprint density at radius 3 is 2.70 bits per heavy atom. The van der Waals surface area contributed by atoms with Crippen molar-refractivity contribution in [1.82, 2.24) is 10.2 Å². The minimum atomic E-state index is -0.170. The van der Waals surface area contributed by atoms with Crippen molar-refractivity contribution in [3.8, 4) is 0 Å². The van der Waals surface area contributed by atoms with Crippen LogP contribution in [0, 0.1) is 0 Å². The maximum atomic E-state index is 10.5. The average molecular weight is 162 g/mol. The quantitative estimate of drug-likeness (QED) is 0.468. The van der Waals surface area contributed by atoms with E-state index in [1.165, 1.54) is 0 Å². The fourth-order valence-corrected chi connectivity index (χ4v) is 0.689. The van der Waals surface area contributed by atoms with Crippen molar-refractivity contribution in [2.45, 2.75) is 6.42 Å². The van der Waals surface area contributed by atoms with Gasteiger partial charge in [-0.15, -0.1) is 0 Å². The third-order valence-corrected chi connectivity index (χ3v) is 1.59. The van der Waals surface area contributed by atoms with E-state index in [1.54, 1.807) is 11.9 Å². The molecule has 0 radical (unpaired) electrons. The largest absolute Gasteiger partial charge is 0.337 e. The van der Waals surface area contributed by atoms with Crippen molar-refractivity contribution in [3.05, 3.63) is 0 Å². The second kappa shape index (κ2) is 5.56. The topological polar surface area (TPSA) is 32.3 Å². The van der Waals surface area contributed by atoms with Gasteiger partial charge in [0.1, 0.15) is 0 Å². The van der Waals surface area contributed by atoms with Crippen molar-refractivity contribution in [2.24, 2.45) is 0 Å². The van der Waals surface area contributed by atoms with E-state index < -0.39 is 0 Å². The Labute approximate surface area is 67.2 Å². The molecule has 0 aliphatic rings. The zero-order valence-electron chi connectivity index (χ0n) is 6.42. The van der Waals surface area contributed by atoms with Crippen LogP contribution in [0.25, 0.3) is 0 Å². The minimum Gasteiger partial charge on any atom is -0.337 e. The number of carbonyl (C=O) groups is 1. The van der Waals surface area contributed by atoms with Gasteiger partial charge in [-0.25, -0.2) is 0 Å². The predicted molar refractivity (Wildman–Crippen MR) is 45.6 cm³/mol. The predicted octanol–water partition coefficient (Wildman–Crippen LogP) is 0.578. The van der Waals surface area contributed by atoms with Crippen LogP contribution in [0.2, 0.25) is 0 Å². The van der Waals surface area contributed by atoms with E-state index in [0.717, 1.165) is 19.5 Å². The van der Waals surface area contributed by atoms with Gasteiger partial charge in [-0.05, 0) is 20.0 Å². The van der Waals surface area contributed by atoms with Crippen LogP contribution in [-0.2, 0) is 0 Å². The van der Waals surface area contributed by atoms with E-state index in [0.29, 0.717) is 0 Å². The Hall–Kier alpha value is -0.220. The second-order valence-corrected chi connectivity index (χ2v) is 2.54. The van der Waals surface area contributed by atoms with Gasteiger partial charge in [0.05, 0.1) is 0 Å². The third kappa shape index (κ3) is 4.64. The molecule has 0 fully saturated rings. The SMILES string of the molecule is CNCCCN(C)C(=O)S. The molecule has 60 valence electrons. The van der Waals surface area contributed by atoms with Crippen LogP contribution in [0.3, 0.4) is 0 Å². The van der Waals surface area contributed by atoms with Crippen molar-refractivity contribution in [3.63, 3.8) is 0 Å². The smallest absolute Gasteiger partial charge is 0.278 e. The molecule has 0 aromatic rings. The van der Waals surface area contributed by atoms with Crippen molar-refractivity contribution in [1.29, 1.82) is 0 Å². The second-order valence-electron chi connectivity index (χ2n) is 2.16. The Morgan fingerprint density at radius 1 is 1.70 bits per heavy atom. The summed E-state index contributed by atoms with van der Waals surface area (Å²) in [6, 6.07) is 0. The monoisotopic (exact) mass is 162 g/mol. The van der Waals surface area contributed by atoms with Crippen LogP contribution in [-0.4, -0.2) is 37.3 Å². The highest BCUT2D eigenvalue weighted by Crippen LogP contribution is 1.92. The van der Waals surface area contributed by atoms with Gasteiger partial charge >= 0.3 is 0 Å².